The maximum absolute atomic E-state index is 13.2. The van der Waals surface area contributed by atoms with Crippen molar-refractivity contribution in [2.24, 2.45) is 0 Å². The second-order valence-corrected chi connectivity index (χ2v) is 7.37. The van der Waals surface area contributed by atoms with Crippen molar-refractivity contribution >= 4 is 11.6 Å². The third-order valence-electron chi connectivity index (χ3n) is 5.12. The first kappa shape index (κ1) is 19.2. The number of para-hydroxylation sites is 1. The van der Waals surface area contributed by atoms with Gasteiger partial charge in [-0.3, -0.25) is 9.69 Å². The number of hydrogen-bond donors (Lipinski definition) is 1. The molecule has 4 rings (SSSR count). The van der Waals surface area contributed by atoms with Crippen LogP contribution in [-0.2, 0) is 4.79 Å². The molecule has 5 heteroatoms. The van der Waals surface area contributed by atoms with Crippen molar-refractivity contribution in [1.82, 2.24) is 9.88 Å². The summed E-state index contributed by atoms with van der Waals surface area (Å²) in [6.07, 6.45) is 2.68. The van der Waals surface area contributed by atoms with E-state index in [1.807, 2.05) is 85.9 Å². The van der Waals surface area contributed by atoms with Gasteiger partial charge in [0.05, 0.1) is 0 Å². The number of aryl methyl sites for hydroxylation is 1. The molecule has 0 spiro atoms. The molecule has 2 aromatic carbocycles. The lowest BCUT2D eigenvalue weighted by molar-refractivity contribution is -0.121. The van der Waals surface area contributed by atoms with Crippen LogP contribution in [0.25, 0.3) is 0 Å². The molecule has 1 N–H and O–H groups in total. The Bertz CT molecular complexity index is 929. The predicted molar refractivity (Wildman–Crippen MR) is 114 cm³/mol. The molecule has 1 saturated heterocycles. The van der Waals surface area contributed by atoms with Crippen LogP contribution in [-0.4, -0.2) is 35.0 Å². The molecule has 3 aromatic rings. The second-order valence-electron chi connectivity index (χ2n) is 7.37. The van der Waals surface area contributed by atoms with Crippen molar-refractivity contribution in [3.8, 4) is 5.88 Å². The van der Waals surface area contributed by atoms with Gasteiger partial charge in [0.25, 0.3) is 0 Å². The fourth-order valence-electron chi connectivity index (χ4n) is 3.67. The smallest absolute Gasteiger partial charge is 0.246 e. The molecular weight excluding hydrogens is 362 g/mol. The van der Waals surface area contributed by atoms with E-state index in [1.165, 1.54) is 0 Å². The van der Waals surface area contributed by atoms with E-state index in [2.05, 4.69) is 15.2 Å². The van der Waals surface area contributed by atoms with E-state index in [-0.39, 0.29) is 18.1 Å². The minimum Gasteiger partial charge on any atom is -0.473 e. The Labute approximate surface area is 171 Å². The third-order valence-corrected chi connectivity index (χ3v) is 5.12. The number of aromatic nitrogens is 1. The number of anilines is 1. The number of nitrogens with one attached hydrogen (secondary N) is 1. The number of benzene rings is 2. The fourth-order valence-corrected chi connectivity index (χ4v) is 3.67. The molecule has 1 aromatic heterocycles. The van der Waals surface area contributed by atoms with Gasteiger partial charge in [-0.15, -0.1) is 0 Å². The highest BCUT2D eigenvalue weighted by Crippen LogP contribution is 2.28. The first-order valence-corrected chi connectivity index (χ1v) is 9.93. The molecule has 5 nitrogen and oxygen atoms in total. The van der Waals surface area contributed by atoms with Crippen molar-refractivity contribution in [2.75, 3.05) is 18.4 Å². The number of pyridine rings is 1. The van der Waals surface area contributed by atoms with Gasteiger partial charge in [0.2, 0.25) is 11.8 Å². The Kier molecular flexibility index (Phi) is 5.86. The fraction of sp³-hybridized carbons (Fsp3) is 0.250. The van der Waals surface area contributed by atoms with E-state index in [0.29, 0.717) is 12.4 Å². The van der Waals surface area contributed by atoms with Gasteiger partial charge in [-0.2, -0.15) is 0 Å². The van der Waals surface area contributed by atoms with Gasteiger partial charge < -0.3 is 10.1 Å². The summed E-state index contributed by atoms with van der Waals surface area (Å²) < 4.78 is 6.06. The van der Waals surface area contributed by atoms with Gasteiger partial charge in [-0.05, 0) is 36.6 Å². The minimum atomic E-state index is -0.365. The molecule has 0 aliphatic carbocycles. The number of nitrogens with zero attached hydrogens (tertiary/aromatic N) is 2. The molecule has 2 heterocycles. The van der Waals surface area contributed by atoms with Crippen LogP contribution in [0, 0.1) is 6.92 Å². The van der Waals surface area contributed by atoms with Crippen molar-refractivity contribution in [2.45, 2.75) is 25.5 Å². The average Bonchev–Trinajstić information content (AvgIpc) is 3.19. The van der Waals surface area contributed by atoms with Gasteiger partial charge in [0.1, 0.15) is 12.1 Å². The van der Waals surface area contributed by atoms with Crippen LogP contribution in [0.5, 0.6) is 5.88 Å². The maximum atomic E-state index is 13.2. The van der Waals surface area contributed by atoms with Crippen molar-refractivity contribution in [3.05, 3.63) is 90.1 Å². The topological polar surface area (TPSA) is 54.5 Å². The van der Waals surface area contributed by atoms with E-state index >= 15 is 0 Å². The van der Waals surface area contributed by atoms with Crippen molar-refractivity contribution in [1.29, 1.82) is 0 Å². The van der Waals surface area contributed by atoms with Crippen molar-refractivity contribution < 1.29 is 9.53 Å². The van der Waals surface area contributed by atoms with E-state index in [9.17, 15) is 4.79 Å². The molecule has 0 bridgehead atoms. The Morgan fingerprint density at radius 3 is 2.48 bits per heavy atom. The Morgan fingerprint density at radius 2 is 1.79 bits per heavy atom. The summed E-state index contributed by atoms with van der Waals surface area (Å²) in [5.41, 5.74) is 2.89. The monoisotopic (exact) mass is 387 g/mol. The van der Waals surface area contributed by atoms with Crippen LogP contribution in [0.2, 0.25) is 0 Å². The first-order chi connectivity index (χ1) is 14.2. The summed E-state index contributed by atoms with van der Waals surface area (Å²) in [6.45, 7) is 3.47. The molecule has 1 aliphatic heterocycles. The number of amides is 1. The van der Waals surface area contributed by atoms with Gasteiger partial charge in [0.15, 0.2) is 0 Å². The quantitative estimate of drug-likeness (QED) is 0.688. The number of carbonyl (C=O) groups excluding carboxylic acids is 1. The van der Waals surface area contributed by atoms with Gasteiger partial charge in [-0.25, -0.2) is 4.98 Å². The summed E-state index contributed by atoms with van der Waals surface area (Å²) in [5.74, 6) is 0.601. The lowest BCUT2D eigenvalue weighted by Crippen LogP contribution is -2.37. The van der Waals surface area contributed by atoms with E-state index in [1.54, 1.807) is 0 Å². The number of ether oxygens (including phenoxy) is 1. The molecule has 0 saturated carbocycles. The maximum Gasteiger partial charge on any atom is 0.246 e. The summed E-state index contributed by atoms with van der Waals surface area (Å²) in [5, 5.41) is 3.05. The zero-order chi connectivity index (χ0) is 20.1. The van der Waals surface area contributed by atoms with Crippen LogP contribution in [0.3, 0.4) is 0 Å². The molecule has 2 unspecified atom stereocenters. The van der Waals surface area contributed by atoms with Crippen LogP contribution in [0.4, 0.5) is 5.69 Å². The highest BCUT2D eigenvalue weighted by molar-refractivity contribution is 5.95. The highest BCUT2D eigenvalue weighted by Gasteiger charge is 2.34. The van der Waals surface area contributed by atoms with E-state index < -0.39 is 0 Å². The molecule has 0 radical (unpaired) electrons. The number of likely N-dealkylation sites (tertiary alicyclic amines) is 1. The van der Waals surface area contributed by atoms with Gasteiger partial charge in [-0.1, -0.05) is 54.6 Å². The lowest BCUT2D eigenvalue weighted by atomic mass is 10.0. The number of carbonyl (C=O) groups is 1. The molecule has 2 atom stereocenters. The van der Waals surface area contributed by atoms with Gasteiger partial charge >= 0.3 is 0 Å². The molecule has 29 heavy (non-hydrogen) atoms. The zero-order valence-electron chi connectivity index (χ0n) is 16.5. The Balaban J connectivity index is 1.49. The van der Waals surface area contributed by atoms with Crippen LogP contribution in [0.1, 0.15) is 23.6 Å². The molecular formula is C24H25N3O2. The van der Waals surface area contributed by atoms with Crippen molar-refractivity contribution in [3.63, 3.8) is 0 Å². The van der Waals surface area contributed by atoms with E-state index in [4.69, 9.17) is 4.74 Å². The zero-order valence-corrected chi connectivity index (χ0v) is 16.5. The predicted octanol–water partition coefficient (Wildman–Crippen LogP) is 4.22. The SMILES string of the molecule is Cc1ccc(OC2CCN(C(C(=O)Nc3ccccc3)c3ccccc3)C2)nc1. The summed E-state index contributed by atoms with van der Waals surface area (Å²) in [7, 11) is 0. The summed E-state index contributed by atoms with van der Waals surface area (Å²) in [4.78, 5) is 19.7. The second kappa shape index (κ2) is 8.88. The molecule has 1 aliphatic rings. The standard InChI is InChI=1S/C24H25N3O2/c1-18-12-13-22(25-16-18)29-21-14-15-27(17-21)23(19-8-4-2-5-9-19)24(28)26-20-10-6-3-7-11-20/h2-13,16,21,23H,14-15,17H2,1H3,(H,26,28). The Morgan fingerprint density at radius 1 is 1.07 bits per heavy atom. The normalized spacial score (nSPS) is 17.6. The number of rotatable bonds is 6. The largest absolute Gasteiger partial charge is 0.473 e. The van der Waals surface area contributed by atoms with Crippen LogP contribution < -0.4 is 10.1 Å². The van der Waals surface area contributed by atoms with Gasteiger partial charge in [0, 0.05) is 31.0 Å². The average molecular weight is 387 g/mol. The van der Waals surface area contributed by atoms with E-state index in [0.717, 1.165) is 29.8 Å². The first-order valence-electron chi connectivity index (χ1n) is 9.93. The van der Waals surface area contributed by atoms with Crippen LogP contribution >= 0.6 is 0 Å². The Hall–Kier alpha value is -3.18. The molecule has 148 valence electrons. The highest BCUT2D eigenvalue weighted by atomic mass is 16.5. The summed E-state index contributed by atoms with van der Waals surface area (Å²) in [6, 6.07) is 23.0. The molecule has 1 amide bonds. The van der Waals surface area contributed by atoms with Crippen LogP contribution in [0.15, 0.2) is 79.0 Å². The number of hydrogen-bond acceptors (Lipinski definition) is 4. The lowest BCUT2D eigenvalue weighted by Gasteiger charge is -2.27. The summed E-state index contributed by atoms with van der Waals surface area (Å²) >= 11 is 0. The minimum absolute atomic E-state index is 0.0148. The third kappa shape index (κ3) is 4.81. The molecule has 1 fully saturated rings.